The van der Waals surface area contributed by atoms with Gasteiger partial charge in [0.05, 0.1) is 19.8 Å². The number of carbonyl (C=O) groups is 1. The molecule has 1 saturated heterocycles. The average Bonchev–Trinajstić information content (AvgIpc) is 2.46. The van der Waals surface area contributed by atoms with Crippen LogP contribution in [-0.4, -0.2) is 44.8 Å². The molecule has 0 saturated carbocycles. The number of morpholine rings is 1. The van der Waals surface area contributed by atoms with Gasteiger partial charge < -0.3 is 20.3 Å². The summed E-state index contributed by atoms with van der Waals surface area (Å²) in [6.07, 6.45) is 0. The monoisotopic (exact) mass is 277 g/mol. The lowest BCUT2D eigenvalue weighted by molar-refractivity contribution is -0.119. The van der Waals surface area contributed by atoms with Crippen molar-refractivity contribution >= 4 is 17.3 Å². The van der Waals surface area contributed by atoms with E-state index in [-0.39, 0.29) is 11.9 Å². The van der Waals surface area contributed by atoms with Crippen molar-refractivity contribution in [3.63, 3.8) is 0 Å². The topological polar surface area (TPSA) is 53.6 Å². The molecule has 0 bridgehead atoms. The van der Waals surface area contributed by atoms with Crippen molar-refractivity contribution in [2.75, 3.05) is 43.1 Å². The molecule has 1 aromatic carbocycles. The number of carbonyl (C=O) groups excluding carboxylic acids is 1. The van der Waals surface area contributed by atoms with Crippen LogP contribution in [0, 0.1) is 0 Å². The summed E-state index contributed by atoms with van der Waals surface area (Å²) < 4.78 is 5.34. The Hall–Kier alpha value is -1.75. The van der Waals surface area contributed by atoms with Gasteiger partial charge in [-0.15, -0.1) is 0 Å². The largest absolute Gasteiger partial charge is 0.378 e. The highest BCUT2D eigenvalue weighted by atomic mass is 16.5. The highest BCUT2D eigenvalue weighted by Gasteiger charge is 2.10. The number of hydrogen-bond donors (Lipinski definition) is 2. The van der Waals surface area contributed by atoms with Crippen LogP contribution in [0.1, 0.15) is 13.8 Å². The van der Waals surface area contributed by atoms with E-state index in [1.54, 1.807) is 0 Å². The standard InChI is InChI=1S/C15H23N3O2/c1-12(2)17-15(19)11-16-13-3-5-14(6-4-13)18-7-9-20-10-8-18/h3-6,12,16H,7-11H2,1-2H3,(H,17,19). The van der Waals surface area contributed by atoms with Gasteiger partial charge in [-0.3, -0.25) is 4.79 Å². The molecule has 1 aliphatic rings. The fourth-order valence-corrected chi connectivity index (χ4v) is 2.17. The average molecular weight is 277 g/mol. The van der Waals surface area contributed by atoms with Gasteiger partial charge in [-0.1, -0.05) is 0 Å². The Morgan fingerprint density at radius 3 is 2.50 bits per heavy atom. The molecular weight excluding hydrogens is 254 g/mol. The summed E-state index contributed by atoms with van der Waals surface area (Å²) >= 11 is 0. The second-order valence-corrected chi connectivity index (χ2v) is 5.22. The van der Waals surface area contributed by atoms with Gasteiger partial charge in [-0.2, -0.15) is 0 Å². The van der Waals surface area contributed by atoms with Gasteiger partial charge in [-0.05, 0) is 38.1 Å². The van der Waals surface area contributed by atoms with E-state index in [9.17, 15) is 4.79 Å². The summed E-state index contributed by atoms with van der Waals surface area (Å²) in [6.45, 7) is 7.65. The summed E-state index contributed by atoms with van der Waals surface area (Å²) in [6, 6.07) is 8.34. The van der Waals surface area contributed by atoms with Gasteiger partial charge in [0.25, 0.3) is 0 Å². The number of anilines is 2. The maximum Gasteiger partial charge on any atom is 0.239 e. The van der Waals surface area contributed by atoms with Crippen molar-refractivity contribution in [2.45, 2.75) is 19.9 Å². The highest BCUT2D eigenvalue weighted by molar-refractivity contribution is 5.81. The first-order valence-electron chi connectivity index (χ1n) is 7.11. The van der Waals surface area contributed by atoms with E-state index in [4.69, 9.17) is 4.74 Å². The van der Waals surface area contributed by atoms with Crippen LogP contribution in [0.2, 0.25) is 0 Å². The summed E-state index contributed by atoms with van der Waals surface area (Å²) in [4.78, 5) is 13.8. The maximum atomic E-state index is 11.5. The van der Waals surface area contributed by atoms with Gasteiger partial charge >= 0.3 is 0 Å². The Labute approximate surface area is 120 Å². The van der Waals surface area contributed by atoms with Crippen LogP contribution < -0.4 is 15.5 Å². The van der Waals surface area contributed by atoms with Gasteiger partial charge in [0.2, 0.25) is 5.91 Å². The molecule has 5 nitrogen and oxygen atoms in total. The Morgan fingerprint density at radius 1 is 1.25 bits per heavy atom. The molecule has 1 aliphatic heterocycles. The molecule has 0 spiro atoms. The predicted molar refractivity (Wildman–Crippen MR) is 81.2 cm³/mol. The zero-order chi connectivity index (χ0) is 14.4. The summed E-state index contributed by atoms with van der Waals surface area (Å²) in [5, 5.41) is 5.98. The van der Waals surface area contributed by atoms with E-state index < -0.39 is 0 Å². The number of amides is 1. The molecule has 0 aromatic heterocycles. The number of rotatable bonds is 5. The first kappa shape index (κ1) is 14.7. The van der Waals surface area contributed by atoms with E-state index in [0.29, 0.717) is 6.54 Å². The maximum absolute atomic E-state index is 11.5. The van der Waals surface area contributed by atoms with E-state index in [1.807, 2.05) is 26.0 Å². The highest BCUT2D eigenvalue weighted by Crippen LogP contribution is 2.18. The van der Waals surface area contributed by atoms with Crippen molar-refractivity contribution in [3.8, 4) is 0 Å². The Balaban J connectivity index is 1.83. The zero-order valence-electron chi connectivity index (χ0n) is 12.2. The van der Waals surface area contributed by atoms with Crippen LogP contribution in [-0.2, 0) is 9.53 Å². The first-order chi connectivity index (χ1) is 9.65. The molecule has 5 heteroatoms. The molecule has 1 amide bonds. The number of nitrogens with one attached hydrogen (secondary N) is 2. The molecule has 2 N–H and O–H groups in total. The molecule has 2 rings (SSSR count). The van der Waals surface area contributed by atoms with Crippen LogP contribution >= 0.6 is 0 Å². The predicted octanol–water partition coefficient (Wildman–Crippen LogP) is 1.46. The normalized spacial score (nSPS) is 15.2. The van der Waals surface area contributed by atoms with E-state index in [1.165, 1.54) is 5.69 Å². The molecule has 1 heterocycles. The number of hydrogen-bond acceptors (Lipinski definition) is 4. The van der Waals surface area contributed by atoms with E-state index in [2.05, 4.69) is 27.7 Å². The van der Waals surface area contributed by atoms with Crippen LogP contribution in [0.4, 0.5) is 11.4 Å². The van der Waals surface area contributed by atoms with E-state index >= 15 is 0 Å². The van der Waals surface area contributed by atoms with Crippen molar-refractivity contribution in [2.24, 2.45) is 0 Å². The molecule has 0 unspecified atom stereocenters. The molecule has 0 radical (unpaired) electrons. The quantitative estimate of drug-likeness (QED) is 0.855. The second kappa shape index (κ2) is 7.14. The van der Waals surface area contributed by atoms with Gasteiger partial charge in [0.15, 0.2) is 0 Å². The minimum atomic E-state index is 0.0113. The lowest BCUT2D eigenvalue weighted by Crippen LogP contribution is -2.36. The lowest BCUT2D eigenvalue weighted by atomic mass is 10.2. The molecule has 0 atom stereocenters. The Bertz CT molecular complexity index is 425. The van der Waals surface area contributed by atoms with Crippen molar-refractivity contribution < 1.29 is 9.53 Å². The minimum Gasteiger partial charge on any atom is -0.378 e. The van der Waals surface area contributed by atoms with E-state index in [0.717, 1.165) is 32.0 Å². The summed E-state index contributed by atoms with van der Waals surface area (Å²) in [7, 11) is 0. The summed E-state index contributed by atoms with van der Waals surface area (Å²) in [5.74, 6) is 0.0113. The second-order valence-electron chi connectivity index (χ2n) is 5.22. The Morgan fingerprint density at radius 2 is 1.90 bits per heavy atom. The lowest BCUT2D eigenvalue weighted by Gasteiger charge is -2.28. The van der Waals surface area contributed by atoms with Crippen molar-refractivity contribution in [1.29, 1.82) is 0 Å². The smallest absolute Gasteiger partial charge is 0.239 e. The molecule has 20 heavy (non-hydrogen) atoms. The molecule has 110 valence electrons. The third-order valence-corrected chi connectivity index (χ3v) is 3.15. The fraction of sp³-hybridized carbons (Fsp3) is 0.533. The van der Waals surface area contributed by atoms with Gasteiger partial charge in [0.1, 0.15) is 0 Å². The fourth-order valence-electron chi connectivity index (χ4n) is 2.17. The van der Waals surface area contributed by atoms with Gasteiger partial charge in [0, 0.05) is 30.5 Å². The Kier molecular flexibility index (Phi) is 5.24. The van der Waals surface area contributed by atoms with Crippen LogP contribution in [0.25, 0.3) is 0 Å². The molecular formula is C15H23N3O2. The van der Waals surface area contributed by atoms with Crippen LogP contribution in [0.3, 0.4) is 0 Å². The zero-order valence-corrected chi connectivity index (χ0v) is 12.2. The first-order valence-corrected chi connectivity index (χ1v) is 7.11. The molecule has 0 aliphatic carbocycles. The number of benzene rings is 1. The third-order valence-electron chi connectivity index (χ3n) is 3.15. The van der Waals surface area contributed by atoms with Crippen LogP contribution in [0.5, 0.6) is 0 Å². The molecule has 1 aromatic rings. The van der Waals surface area contributed by atoms with Crippen molar-refractivity contribution in [3.05, 3.63) is 24.3 Å². The van der Waals surface area contributed by atoms with Gasteiger partial charge in [-0.25, -0.2) is 0 Å². The SMILES string of the molecule is CC(C)NC(=O)CNc1ccc(N2CCOCC2)cc1. The minimum absolute atomic E-state index is 0.0113. The summed E-state index contributed by atoms with van der Waals surface area (Å²) in [5.41, 5.74) is 2.16. The van der Waals surface area contributed by atoms with Crippen LogP contribution in [0.15, 0.2) is 24.3 Å². The third kappa shape index (κ3) is 4.42. The number of ether oxygens (including phenoxy) is 1. The number of nitrogens with zero attached hydrogens (tertiary/aromatic N) is 1. The van der Waals surface area contributed by atoms with Crippen molar-refractivity contribution in [1.82, 2.24) is 5.32 Å². The molecule has 1 fully saturated rings.